The van der Waals surface area contributed by atoms with Crippen LogP contribution in [-0.2, 0) is 4.74 Å². The molecule has 70 valence electrons. The van der Waals surface area contributed by atoms with Gasteiger partial charge in [-0.2, -0.15) is 0 Å². The summed E-state index contributed by atoms with van der Waals surface area (Å²) in [5, 5.41) is 0. The van der Waals surface area contributed by atoms with Gasteiger partial charge in [0.05, 0.1) is 13.2 Å². The zero-order chi connectivity index (χ0) is 8.97. The number of hydrogen-bond acceptors (Lipinski definition) is 2. The summed E-state index contributed by atoms with van der Waals surface area (Å²) in [6.45, 7) is 7.29. The third kappa shape index (κ3) is 2.70. The molecule has 0 radical (unpaired) electrons. The van der Waals surface area contributed by atoms with E-state index in [0.29, 0.717) is 5.96 Å². The molecule has 0 aliphatic carbocycles. The first-order valence-corrected chi connectivity index (χ1v) is 4.36. The molecular weight excluding hydrogens is 154 g/mol. The average molecular weight is 171 g/mol. The van der Waals surface area contributed by atoms with Crippen LogP contribution in [0, 0.1) is 0 Å². The van der Waals surface area contributed by atoms with Gasteiger partial charge in [0, 0.05) is 19.1 Å². The van der Waals surface area contributed by atoms with E-state index in [0.717, 1.165) is 26.3 Å². The SMILES string of the molecule is CC(C)N=C(N)N1CCOCC1. The van der Waals surface area contributed by atoms with Crippen molar-refractivity contribution in [3.05, 3.63) is 0 Å². The smallest absolute Gasteiger partial charge is 0.191 e. The first-order chi connectivity index (χ1) is 5.70. The molecule has 4 heteroatoms. The molecular formula is C8H17N3O. The van der Waals surface area contributed by atoms with Crippen LogP contribution in [0.3, 0.4) is 0 Å². The first-order valence-electron chi connectivity index (χ1n) is 4.36. The summed E-state index contributed by atoms with van der Waals surface area (Å²) >= 11 is 0. The van der Waals surface area contributed by atoms with Gasteiger partial charge in [-0.15, -0.1) is 0 Å². The summed E-state index contributed by atoms with van der Waals surface area (Å²) in [5.41, 5.74) is 5.77. The molecule has 0 spiro atoms. The van der Waals surface area contributed by atoms with E-state index in [1.165, 1.54) is 0 Å². The Balaban J connectivity index is 2.44. The van der Waals surface area contributed by atoms with Gasteiger partial charge >= 0.3 is 0 Å². The molecule has 0 atom stereocenters. The van der Waals surface area contributed by atoms with E-state index in [2.05, 4.69) is 9.89 Å². The highest BCUT2D eigenvalue weighted by Crippen LogP contribution is 1.97. The van der Waals surface area contributed by atoms with Gasteiger partial charge in [-0.1, -0.05) is 0 Å². The van der Waals surface area contributed by atoms with Crippen LogP contribution in [0.4, 0.5) is 0 Å². The summed E-state index contributed by atoms with van der Waals surface area (Å²) in [4.78, 5) is 6.32. The molecule has 0 bridgehead atoms. The van der Waals surface area contributed by atoms with Gasteiger partial charge < -0.3 is 15.4 Å². The highest BCUT2D eigenvalue weighted by Gasteiger charge is 2.11. The lowest BCUT2D eigenvalue weighted by Crippen LogP contribution is -2.45. The highest BCUT2D eigenvalue weighted by atomic mass is 16.5. The third-order valence-corrected chi connectivity index (χ3v) is 1.73. The molecule has 12 heavy (non-hydrogen) atoms. The molecule has 1 aliphatic rings. The Kier molecular flexibility index (Phi) is 3.34. The number of morpholine rings is 1. The van der Waals surface area contributed by atoms with E-state index in [1.807, 2.05) is 13.8 Å². The van der Waals surface area contributed by atoms with Crippen molar-refractivity contribution in [2.75, 3.05) is 26.3 Å². The minimum Gasteiger partial charge on any atom is -0.378 e. The van der Waals surface area contributed by atoms with Crippen molar-refractivity contribution in [3.63, 3.8) is 0 Å². The van der Waals surface area contributed by atoms with Gasteiger partial charge in [0.15, 0.2) is 5.96 Å². The number of nitrogens with zero attached hydrogens (tertiary/aromatic N) is 2. The maximum absolute atomic E-state index is 5.77. The van der Waals surface area contributed by atoms with Crippen LogP contribution in [0.5, 0.6) is 0 Å². The molecule has 0 saturated carbocycles. The summed E-state index contributed by atoms with van der Waals surface area (Å²) in [7, 11) is 0. The summed E-state index contributed by atoms with van der Waals surface area (Å²) < 4.78 is 5.20. The second kappa shape index (κ2) is 4.30. The lowest BCUT2D eigenvalue weighted by Gasteiger charge is -2.27. The van der Waals surface area contributed by atoms with Crippen LogP contribution >= 0.6 is 0 Å². The molecule has 2 N–H and O–H groups in total. The van der Waals surface area contributed by atoms with E-state index < -0.39 is 0 Å². The molecule has 0 aromatic heterocycles. The fraction of sp³-hybridized carbons (Fsp3) is 0.875. The van der Waals surface area contributed by atoms with Crippen molar-refractivity contribution in [2.45, 2.75) is 19.9 Å². The molecule has 1 saturated heterocycles. The Morgan fingerprint density at radius 3 is 2.50 bits per heavy atom. The minimum absolute atomic E-state index is 0.271. The van der Waals surface area contributed by atoms with Crippen LogP contribution in [0.15, 0.2) is 4.99 Å². The largest absolute Gasteiger partial charge is 0.378 e. The van der Waals surface area contributed by atoms with Crippen LogP contribution in [0.1, 0.15) is 13.8 Å². The van der Waals surface area contributed by atoms with E-state index >= 15 is 0 Å². The number of guanidine groups is 1. The van der Waals surface area contributed by atoms with Crippen LogP contribution in [0.2, 0.25) is 0 Å². The van der Waals surface area contributed by atoms with E-state index in [-0.39, 0.29) is 6.04 Å². The number of aliphatic imine (C=N–C) groups is 1. The van der Waals surface area contributed by atoms with Crippen molar-refractivity contribution < 1.29 is 4.74 Å². The predicted octanol–water partition coefficient (Wildman–Crippen LogP) is 0.0417. The third-order valence-electron chi connectivity index (χ3n) is 1.73. The van der Waals surface area contributed by atoms with Gasteiger partial charge in [-0.05, 0) is 13.8 Å². The first kappa shape index (κ1) is 9.32. The van der Waals surface area contributed by atoms with Crippen molar-refractivity contribution in [1.29, 1.82) is 0 Å². The second-order valence-electron chi connectivity index (χ2n) is 3.18. The lowest BCUT2D eigenvalue weighted by atomic mass is 10.4. The summed E-state index contributed by atoms with van der Waals surface area (Å²) in [5.74, 6) is 0.647. The molecule has 1 rings (SSSR count). The van der Waals surface area contributed by atoms with Gasteiger partial charge in [0.25, 0.3) is 0 Å². The van der Waals surface area contributed by atoms with Crippen molar-refractivity contribution >= 4 is 5.96 Å². The average Bonchev–Trinajstić information content (AvgIpc) is 2.05. The molecule has 1 heterocycles. The molecule has 1 fully saturated rings. The number of hydrogen-bond donors (Lipinski definition) is 1. The zero-order valence-corrected chi connectivity index (χ0v) is 7.79. The molecule has 0 unspecified atom stereocenters. The zero-order valence-electron chi connectivity index (χ0n) is 7.79. The molecule has 0 aromatic rings. The van der Waals surface area contributed by atoms with Crippen molar-refractivity contribution in [2.24, 2.45) is 10.7 Å². The van der Waals surface area contributed by atoms with E-state index in [9.17, 15) is 0 Å². The molecule has 0 aromatic carbocycles. The standard InChI is InChI=1S/C8H17N3O/c1-7(2)10-8(9)11-3-5-12-6-4-11/h7H,3-6H2,1-2H3,(H2,9,10). The fourth-order valence-corrected chi connectivity index (χ4v) is 1.14. The minimum atomic E-state index is 0.271. The van der Waals surface area contributed by atoms with Gasteiger partial charge in [0.1, 0.15) is 0 Å². The van der Waals surface area contributed by atoms with Crippen LogP contribution in [-0.4, -0.2) is 43.2 Å². The Morgan fingerprint density at radius 1 is 1.42 bits per heavy atom. The van der Waals surface area contributed by atoms with Crippen molar-refractivity contribution in [3.8, 4) is 0 Å². The maximum atomic E-state index is 5.77. The number of rotatable bonds is 1. The Labute approximate surface area is 73.4 Å². The van der Waals surface area contributed by atoms with Crippen LogP contribution < -0.4 is 5.73 Å². The van der Waals surface area contributed by atoms with Crippen LogP contribution in [0.25, 0.3) is 0 Å². The molecule has 0 amide bonds. The summed E-state index contributed by atoms with van der Waals surface area (Å²) in [6.07, 6.45) is 0. The van der Waals surface area contributed by atoms with E-state index in [4.69, 9.17) is 10.5 Å². The Morgan fingerprint density at radius 2 is 2.00 bits per heavy atom. The summed E-state index contributed by atoms with van der Waals surface area (Å²) in [6, 6.07) is 0.271. The Hall–Kier alpha value is -0.770. The topological polar surface area (TPSA) is 50.8 Å². The fourth-order valence-electron chi connectivity index (χ4n) is 1.14. The highest BCUT2D eigenvalue weighted by molar-refractivity contribution is 5.78. The van der Waals surface area contributed by atoms with Gasteiger partial charge in [0.2, 0.25) is 0 Å². The van der Waals surface area contributed by atoms with E-state index in [1.54, 1.807) is 0 Å². The maximum Gasteiger partial charge on any atom is 0.191 e. The number of nitrogens with two attached hydrogens (primary N) is 1. The normalized spacial score (nSPS) is 20.2. The number of ether oxygens (including phenoxy) is 1. The monoisotopic (exact) mass is 171 g/mol. The Bertz CT molecular complexity index is 162. The second-order valence-corrected chi connectivity index (χ2v) is 3.18. The molecule has 1 aliphatic heterocycles. The quantitative estimate of drug-likeness (QED) is 0.448. The predicted molar refractivity (Wildman–Crippen MR) is 49.2 cm³/mol. The lowest BCUT2D eigenvalue weighted by molar-refractivity contribution is 0.0673. The van der Waals surface area contributed by atoms with Gasteiger partial charge in [-0.3, -0.25) is 4.99 Å². The van der Waals surface area contributed by atoms with Gasteiger partial charge in [-0.25, -0.2) is 0 Å². The molecule has 4 nitrogen and oxygen atoms in total. The van der Waals surface area contributed by atoms with Crippen molar-refractivity contribution in [1.82, 2.24) is 4.90 Å².